The average molecular weight is 390 g/mol. The number of rotatable bonds is 7. The lowest BCUT2D eigenvalue weighted by atomic mass is 9.91. The molecule has 3 aromatic rings. The van der Waals surface area contributed by atoms with Gasteiger partial charge in [0.2, 0.25) is 0 Å². The number of hydrogen-bond donors (Lipinski definition) is 1. The van der Waals surface area contributed by atoms with Crippen LogP contribution < -0.4 is 5.32 Å². The Labute approximate surface area is 167 Å². The zero-order chi connectivity index (χ0) is 20.6. The number of hydrogen-bond acceptors (Lipinski definition) is 5. The molecule has 29 heavy (non-hydrogen) atoms. The van der Waals surface area contributed by atoms with Crippen LogP contribution in [0.15, 0.2) is 84.9 Å². The maximum atomic E-state index is 12.8. The van der Waals surface area contributed by atoms with Crippen molar-refractivity contribution in [2.24, 2.45) is 0 Å². The number of nitro groups is 1. The van der Waals surface area contributed by atoms with Crippen LogP contribution in [0.1, 0.15) is 17.0 Å². The van der Waals surface area contributed by atoms with Crippen LogP contribution in [-0.2, 0) is 14.3 Å². The quantitative estimate of drug-likeness (QED) is 0.375. The van der Waals surface area contributed by atoms with E-state index in [1.165, 1.54) is 18.2 Å². The molecule has 3 rings (SSSR count). The summed E-state index contributed by atoms with van der Waals surface area (Å²) in [6.45, 7) is -0.555. The van der Waals surface area contributed by atoms with Gasteiger partial charge in [-0.1, -0.05) is 72.8 Å². The topological polar surface area (TPSA) is 98.5 Å². The molecule has 0 atom stereocenters. The van der Waals surface area contributed by atoms with Gasteiger partial charge in [0.25, 0.3) is 11.6 Å². The van der Waals surface area contributed by atoms with Gasteiger partial charge in [-0.2, -0.15) is 0 Å². The number of carbonyl (C=O) groups is 2. The second-order valence-corrected chi connectivity index (χ2v) is 6.18. The highest BCUT2D eigenvalue weighted by molar-refractivity contribution is 5.95. The molecule has 0 aliphatic heterocycles. The molecule has 0 saturated heterocycles. The minimum Gasteiger partial charge on any atom is -0.455 e. The smallest absolute Gasteiger partial charge is 0.318 e. The third kappa shape index (κ3) is 5.04. The van der Waals surface area contributed by atoms with E-state index in [9.17, 15) is 19.7 Å². The average Bonchev–Trinajstić information content (AvgIpc) is 2.74. The first-order valence-electron chi connectivity index (χ1n) is 8.86. The van der Waals surface area contributed by atoms with E-state index in [1.807, 2.05) is 60.7 Å². The first kappa shape index (κ1) is 19.8. The molecule has 0 aliphatic carbocycles. The third-order valence-corrected chi connectivity index (χ3v) is 4.22. The Morgan fingerprint density at radius 1 is 0.862 bits per heavy atom. The van der Waals surface area contributed by atoms with E-state index >= 15 is 0 Å². The maximum Gasteiger partial charge on any atom is 0.318 e. The van der Waals surface area contributed by atoms with Crippen molar-refractivity contribution < 1.29 is 19.2 Å². The summed E-state index contributed by atoms with van der Waals surface area (Å²) in [6.07, 6.45) is 0. The van der Waals surface area contributed by atoms with Crippen molar-refractivity contribution in [3.05, 3.63) is 106 Å². The fourth-order valence-corrected chi connectivity index (χ4v) is 2.90. The molecule has 1 amide bonds. The molecule has 3 aromatic carbocycles. The monoisotopic (exact) mass is 390 g/mol. The SMILES string of the molecule is O=C(COC(=O)C(c1ccccc1)c1ccccc1)Nc1ccccc1[N+](=O)[O-]. The van der Waals surface area contributed by atoms with Crippen molar-refractivity contribution in [3.8, 4) is 0 Å². The molecule has 0 saturated carbocycles. The molecule has 0 aliphatic rings. The van der Waals surface area contributed by atoms with Gasteiger partial charge < -0.3 is 10.1 Å². The van der Waals surface area contributed by atoms with E-state index in [1.54, 1.807) is 6.07 Å². The van der Waals surface area contributed by atoms with Crippen LogP contribution in [0.2, 0.25) is 0 Å². The molecule has 0 bridgehead atoms. The molecule has 0 spiro atoms. The van der Waals surface area contributed by atoms with E-state index in [4.69, 9.17) is 4.74 Å². The molecule has 1 N–H and O–H groups in total. The van der Waals surface area contributed by atoms with Crippen molar-refractivity contribution in [1.82, 2.24) is 0 Å². The van der Waals surface area contributed by atoms with Gasteiger partial charge in [-0.15, -0.1) is 0 Å². The van der Waals surface area contributed by atoms with Gasteiger partial charge in [0.05, 0.1) is 4.92 Å². The molecule has 0 unspecified atom stereocenters. The number of esters is 1. The van der Waals surface area contributed by atoms with Crippen LogP contribution in [0.25, 0.3) is 0 Å². The van der Waals surface area contributed by atoms with E-state index in [0.717, 1.165) is 11.1 Å². The Hall–Kier alpha value is -4.00. The summed E-state index contributed by atoms with van der Waals surface area (Å²) in [6, 6.07) is 24.0. The van der Waals surface area contributed by atoms with Gasteiger partial charge in [0, 0.05) is 6.07 Å². The summed E-state index contributed by atoms with van der Waals surface area (Å²) < 4.78 is 5.23. The maximum absolute atomic E-state index is 12.8. The van der Waals surface area contributed by atoms with Crippen LogP contribution in [0.3, 0.4) is 0 Å². The number of nitro benzene ring substituents is 1. The lowest BCUT2D eigenvalue weighted by Gasteiger charge is -2.17. The van der Waals surface area contributed by atoms with Gasteiger partial charge >= 0.3 is 5.97 Å². The molecule has 7 nitrogen and oxygen atoms in total. The molecule has 0 aromatic heterocycles. The van der Waals surface area contributed by atoms with Crippen molar-refractivity contribution >= 4 is 23.3 Å². The van der Waals surface area contributed by atoms with Crippen molar-refractivity contribution in [2.45, 2.75) is 5.92 Å². The van der Waals surface area contributed by atoms with E-state index < -0.39 is 29.3 Å². The highest BCUT2D eigenvalue weighted by atomic mass is 16.6. The molecule has 0 heterocycles. The summed E-state index contributed by atoms with van der Waals surface area (Å²) in [5, 5.41) is 13.4. The minimum absolute atomic E-state index is 0.0428. The van der Waals surface area contributed by atoms with E-state index in [-0.39, 0.29) is 11.4 Å². The fraction of sp³-hybridized carbons (Fsp3) is 0.0909. The highest BCUT2D eigenvalue weighted by Crippen LogP contribution is 2.26. The predicted molar refractivity (Wildman–Crippen MR) is 107 cm³/mol. The number of nitrogens with zero attached hydrogens (tertiary/aromatic N) is 1. The van der Waals surface area contributed by atoms with Gasteiger partial charge in [0.1, 0.15) is 11.6 Å². The van der Waals surface area contributed by atoms with Crippen LogP contribution in [0, 0.1) is 10.1 Å². The second-order valence-electron chi connectivity index (χ2n) is 6.18. The number of amides is 1. The van der Waals surface area contributed by atoms with Gasteiger partial charge in [-0.3, -0.25) is 19.7 Å². The van der Waals surface area contributed by atoms with Gasteiger partial charge in [-0.05, 0) is 17.2 Å². The third-order valence-electron chi connectivity index (χ3n) is 4.22. The molecular formula is C22H18N2O5. The van der Waals surface area contributed by atoms with Crippen molar-refractivity contribution in [3.63, 3.8) is 0 Å². The van der Waals surface area contributed by atoms with E-state index in [0.29, 0.717) is 0 Å². The Bertz CT molecular complexity index is 966. The van der Waals surface area contributed by atoms with Crippen LogP contribution in [0.5, 0.6) is 0 Å². The lowest BCUT2D eigenvalue weighted by Crippen LogP contribution is -2.24. The Morgan fingerprint density at radius 3 is 1.93 bits per heavy atom. The second kappa shape index (κ2) is 9.27. The first-order chi connectivity index (χ1) is 14.1. The molecule has 0 radical (unpaired) electrons. The highest BCUT2D eigenvalue weighted by Gasteiger charge is 2.25. The molecule has 146 valence electrons. The summed E-state index contributed by atoms with van der Waals surface area (Å²) in [5.41, 5.74) is 1.28. The first-order valence-corrected chi connectivity index (χ1v) is 8.86. The zero-order valence-electron chi connectivity index (χ0n) is 15.4. The Kier molecular flexibility index (Phi) is 6.32. The summed E-state index contributed by atoms with van der Waals surface area (Å²) in [4.78, 5) is 35.4. The zero-order valence-corrected chi connectivity index (χ0v) is 15.4. The number of ether oxygens (including phenoxy) is 1. The standard InChI is InChI=1S/C22H18N2O5/c25-20(23-18-13-7-8-14-19(18)24(27)28)15-29-22(26)21(16-9-3-1-4-10-16)17-11-5-2-6-12-17/h1-14,21H,15H2,(H,23,25). The Balaban J connectivity index is 1.71. The van der Waals surface area contributed by atoms with Crippen molar-refractivity contribution in [2.75, 3.05) is 11.9 Å². The summed E-state index contributed by atoms with van der Waals surface area (Å²) in [7, 11) is 0. The molecular weight excluding hydrogens is 372 g/mol. The number of anilines is 1. The lowest BCUT2D eigenvalue weighted by molar-refractivity contribution is -0.383. The largest absolute Gasteiger partial charge is 0.455 e. The number of para-hydroxylation sites is 2. The fourth-order valence-electron chi connectivity index (χ4n) is 2.90. The minimum atomic E-state index is -0.684. The summed E-state index contributed by atoms with van der Waals surface area (Å²) >= 11 is 0. The number of benzene rings is 3. The normalized spacial score (nSPS) is 10.4. The molecule has 7 heteroatoms. The van der Waals surface area contributed by atoms with Crippen LogP contribution in [0.4, 0.5) is 11.4 Å². The van der Waals surface area contributed by atoms with Crippen molar-refractivity contribution in [1.29, 1.82) is 0 Å². The number of nitrogens with one attached hydrogen (secondary N) is 1. The van der Waals surface area contributed by atoms with Crippen LogP contribution >= 0.6 is 0 Å². The van der Waals surface area contributed by atoms with Gasteiger partial charge in [0.15, 0.2) is 6.61 Å². The predicted octanol–water partition coefficient (Wildman–Crippen LogP) is 3.91. The van der Waals surface area contributed by atoms with E-state index in [2.05, 4.69) is 5.32 Å². The van der Waals surface area contributed by atoms with Gasteiger partial charge in [-0.25, -0.2) is 0 Å². The molecule has 0 fully saturated rings. The number of carbonyl (C=O) groups excluding carboxylic acids is 2. The van der Waals surface area contributed by atoms with Crippen LogP contribution in [-0.4, -0.2) is 23.4 Å². The Morgan fingerprint density at radius 2 is 1.38 bits per heavy atom. The summed E-state index contributed by atoms with van der Waals surface area (Å²) in [5.74, 6) is -1.93.